The van der Waals surface area contributed by atoms with E-state index in [-0.39, 0.29) is 11.6 Å². The lowest BCUT2D eigenvalue weighted by Gasteiger charge is -2.08. The Balaban J connectivity index is 1.58. The number of hydrogen-bond acceptors (Lipinski definition) is 6. The van der Waals surface area contributed by atoms with Crippen LogP contribution in [0.4, 0.5) is 0 Å². The molecule has 0 aliphatic heterocycles. The van der Waals surface area contributed by atoms with Crippen molar-refractivity contribution in [1.29, 1.82) is 0 Å². The average molecular weight is 358 g/mol. The molecule has 2 aromatic heterocycles. The van der Waals surface area contributed by atoms with E-state index in [0.29, 0.717) is 18.7 Å². The molecule has 0 spiro atoms. The monoisotopic (exact) mass is 358 g/mol. The highest BCUT2D eigenvalue weighted by Crippen LogP contribution is 2.25. The number of hydrogen-bond donors (Lipinski definition) is 1. The van der Waals surface area contributed by atoms with Crippen LogP contribution in [0.1, 0.15) is 16.1 Å². The maximum absolute atomic E-state index is 12.2. The van der Waals surface area contributed by atoms with Gasteiger partial charge in [0.05, 0.1) is 19.1 Å². The van der Waals surface area contributed by atoms with Crippen LogP contribution in [-0.2, 0) is 6.42 Å². The number of nitrogens with zero attached hydrogens (tertiary/aromatic N) is 1. The number of nitrogens with one attached hydrogen (secondary N) is 1. The minimum atomic E-state index is -0.263. The fourth-order valence-corrected chi connectivity index (χ4v) is 3.01. The number of ether oxygens (including phenoxy) is 2. The number of carbonyl (C=O) groups excluding carboxylic acids is 1. The van der Waals surface area contributed by atoms with Crippen LogP contribution in [-0.4, -0.2) is 31.8 Å². The first-order valence-electron chi connectivity index (χ1n) is 7.70. The third-order valence-electron chi connectivity index (χ3n) is 3.62. The highest BCUT2D eigenvalue weighted by Gasteiger charge is 2.14. The second kappa shape index (κ2) is 7.85. The number of carbonyl (C=O) groups is 1. The van der Waals surface area contributed by atoms with Gasteiger partial charge < -0.3 is 19.3 Å². The minimum Gasteiger partial charge on any atom is -0.497 e. The van der Waals surface area contributed by atoms with Crippen molar-refractivity contribution in [2.75, 3.05) is 20.8 Å². The van der Waals surface area contributed by atoms with Crippen LogP contribution < -0.4 is 14.8 Å². The van der Waals surface area contributed by atoms with Crippen molar-refractivity contribution in [3.63, 3.8) is 0 Å². The first kappa shape index (κ1) is 17.0. The van der Waals surface area contributed by atoms with Gasteiger partial charge in [0.2, 0.25) is 0 Å². The number of rotatable bonds is 7. The summed E-state index contributed by atoms with van der Waals surface area (Å²) in [5.41, 5.74) is 1.28. The van der Waals surface area contributed by atoms with E-state index < -0.39 is 0 Å². The fourth-order valence-electron chi connectivity index (χ4n) is 2.34. The Morgan fingerprint density at radius 1 is 1.20 bits per heavy atom. The molecule has 3 rings (SSSR count). The summed E-state index contributed by atoms with van der Waals surface area (Å²) >= 11 is 1.53. The van der Waals surface area contributed by atoms with E-state index in [1.807, 2.05) is 35.7 Å². The van der Waals surface area contributed by atoms with Gasteiger partial charge in [0.15, 0.2) is 11.5 Å². The lowest BCUT2D eigenvalue weighted by atomic mass is 10.1. The van der Waals surface area contributed by atoms with Crippen LogP contribution in [0.2, 0.25) is 0 Å². The number of benzene rings is 1. The smallest absolute Gasteiger partial charge is 0.273 e. The third-order valence-corrected chi connectivity index (χ3v) is 4.50. The van der Waals surface area contributed by atoms with E-state index in [1.165, 1.54) is 11.3 Å². The first-order valence-corrected chi connectivity index (χ1v) is 8.58. The average Bonchev–Trinajstić information content (AvgIpc) is 3.32. The molecule has 130 valence electrons. The Morgan fingerprint density at radius 2 is 1.96 bits per heavy atom. The van der Waals surface area contributed by atoms with Gasteiger partial charge in [0, 0.05) is 18.7 Å². The standard InChI is InChI=1S/C18H18N2O4S/c1-22-13-8-12(9-14(10-13)23-2)5-6-19-18(21)15-11-16(24-20-15)17-4-3-7-25-17/h3-4,7-11H,5-6H2,1-2H3,(H,19,21). The predicted molar refractivity (Wildman–Crippen MR) is 95.4 cm³/mol. The Kier molecular flexibility index (Phi) is 5.35. The van der Waals surface area contributed by atoms with Gasteiger partial charge in [-0.3, -0.25) is 4.79 Å². The van der Waals surface area contributed by atoms with Crippen molar-refractivity contribution < 1.29 is 18.8 Å². The highest BCUT2D eigenvalue weighted by molar-refractivity contribution is 7.13. The maximum Gasteiger partial charge on any atom is 0.273 e. The number of aromatic nitrogens is 1. The molecule has 0 fully saturated rings. The molecule has 0 saturated heterocycles. The van der Waals surface area contributed by atoms with E-state index in [2.05, 4.69) is 10.5 Å². The van der Waals surface area contributed by atoms with Crippen molar-refractivity contribution in [1.82, 2.24) is 10.5 Å². The molecule has 0 aliphatic carbocycles. The summed E-state index contributed by atoms with van der Waals surface area (Å²) in [5, 5.41) is 8.62. The quantitative estimate of drug-likeness (QED) is 0.701. The summed E-state index contributed by atoms with van der Waals surface area (Å²) in [5.74, 6) is 1.77. The van der Waals surface area contributed by atoms with Crippen LogP contribution in [0.3, 0.4) is 0 Å². The number of thiophene rings is 1. The summed E-state index contributed by atoms with van der Waals surface area (Å²) < 4.78 is 15.7. The molecule has 3 aromatic rings. The van der Waals surface area contributed by atoms with Crippen molar-refractivity contribution in [3.8, 4) is 22.1 Å². The molecule has 7 heteroatoms. The van der Waals surface area contributed by atoms with E-state index in [1.54, 1.807) is 20.3 Å². The van der Waals surface area contributed by atoms with Crippen molar-refractivity contribution in [3.05, 3.63) is 53.0 Å². The van der Waals surface area contributed by atoms with Crippen LogP contribution in [0, 0.1) is 0 Å². The van der Waals surface area contributed by atoms with Gasteiger partial charge in [-0.1, -0.05) is 11.2 Å². The van der Waals surface area contributed by atoms with E-state index in [0.717, 1.165) is 21.9 Å². The maximum atomic E-state index is 12.2. The van der Waals surface area contributed by atoms with Gasteiger partial charge in [0.1, 0.15) is 11.5 Å². The van der Waals surface area contributed by atoms with Gasteiger partial charge in [-0.2, -0.15) is 0 Å². The predicted octanol–water partition coefficient (Wildman–Crippen LogP) is 3.39. The lowest BCUT2D eigenvalue weighted by molar-refractivity contribution is 0.0945. The highest BCUT2D eigenvalue weighted by atomic mass is 32.1. The SMILES string of the molecule is COc1cc(CCNC(=O)c2cc(-c3cccs3)on2)cc(OC)c1. The second-order valence-corrected chi connectivity index (χ2v) is 6.23. The van der Waals surface area contributed by atoms with Crippen molar-refractivity contribution >= 4 is 17.2 Å². The molecule has 2 heterocycles. The number of methoxy groups -OCH3 is 2. The molecule has 1 amide bonds. The molecule has 1 N–H and O–H groups in total. The fraction of sp³-hybridized carbons (Fsp3) is 0.222. The molecule has 0 bridgehead atoms. The largest absolute Gasteiger partial charge is 0.497 e. The summed E-state index contributed by atoms with van der Waals surface area (Å²) in [6.45, 7) is 0.469. The van der Waals surface area contributed by atoms with Crippen LogP contribution in [0.5, 0.6) is 11.5 Å². The summed E-state index contributed by atoms with van der Waals surface area (Å²) in [4.78, 5) is 13.1. The summed E-state index contributed by atoms with van der Waals surface area (Å²) in [6, 6.07) is 11.1. The van der Waals surface area contributed by atoms with Crippen molar-refractivity contribution in [2.45, 2.75) is 6.42 Å². The van der Waals surface area contributed by atoms with Crippen LogP contribution in [0.25, 0.3) is 10.6 Å². The Labute approximate surface area is 149 Å². The van der Waals surface area contributed by atoms with Gasteiger partial charge in [-0.25, -0.2) is 0 Å². The molecule has 0 aliphatic rings. The van der Waals surface area contributed by atoms with Gasteiger partial charge in [-0.15, -0.1) is 11.3 Å². The van der Waals surface area contributed by atoms with Crippen molar-refractivity contribution in [2.24, 2.45) is 0 Å². The number of amides is 1. The Bertz CT molecular complexity index is 820. The molecule has 1 aromatic carbocycles. The lowest BCUT2D eigenvalue weighted by Crippen LogP contribution is -2.25. The molecular formula is C18H18N2O4S. The molecule has 0 saturated carbocycles. The Morgan fingerprint density at radius 3 is 2.60 bits per heavy atom. The van der Waals surface area contributed by atoms with Gasteiger partial charge in [-0.05, 0) is 35.6 Å². The van der Waals surface area contributed by atoms with Gasteiger partial charge in [0.25, 0.3) is 5.91 Å². The van der Waals surface area contributed by atoms with Gasteiger partial charge >= 0.3 is 0 Å². The van der Waals surface area contributed by atoms with Crippen LogP contribution in [0.15, 0.2) is 46.3 Å². The third kappa shape index (κ3) is 4.19. The summed E-state index contributed by atoms with van der Waals surface area (Å²) in [7, 11) is 3.21. The molecule has 0 unspecified atom stereocenters. The first-order chi connectivity index (χ1) is 12.2. The molecule has 0 atom stereocenters. The molecule has 0 radical (unpaired) electrons. The van der Waals surface area contributed by atoms with Crippen LogP contribution >= 0.6 is 11.3 Å². The molecule has 25 heavy (non-hydrogen) atoms. The second-order valence-electron chi connectivity index (χ2n) is 5.28. The minimum absolute atomic E-state index is 0.263. The summed E-state index contributed by atoms with van der Waals surface area (Å²) in [6.07, 6.45) is 0.648. The van der Waals surface area contributed by atoms with E-state index >= 15 is 0 Å². The topological polar surface area (TPSA) is 73.6 Å². The normalized spacial score (nSPS) is 10.5. The Hall–Kier alpha value is -2.80. The zero-order valence-electron chi connectivity index (χ0n) is 13.9. The van der Waals surface area contributed by atoms with E-state index in [4.69, 9.17) is 14.0 Å². The van der Waals surface area contributed by atoms with E-state index in [9.17, 15) is 4.79 Å². The molecular weight excluding hydrogens is 340 g/mol. The zero-order valence-corrected chi connectivity index (χ0v) is 14.8. The zero-order chi connectivity index (χ0) is 17.6. The molecule has 6 nitrogen and oxygen atoms in total.